The van der Waals surface area contributed by atoms with Crippen LogP contribution < -0.4 is 10.9 Å². The second kappa shape index (κ2) is 8.31. The molecule has 2 N–H and O–H groups in total. The summed E-state index contributed by atoms with van der Waals surface area (Å²) in [5.41, 5.74) is -4.14. The average Bonchev–Trinajstić information content (AvgIpc) is 3.08. The molecule has 9 nitrogen and oxygen atoms in total. The number of halogens is 2. The van der Waals surface area contributed by atoms with E-state index in [9.17, 15) is 27.1 Å². The molecule has 2 atom stereocenters. The Morgan fingerprint density at radius 3 is 2.69 bits per heavy atom. The lowest BCUT2D eigenvalue weighted by atomic mass is 9.99. The minimum Gasteiger partial charge on any atom is -0.388 e. The summed E-state index contributed by atoms with van der Waals surface area (Å²) in [4.78, 5) is 21.2. The molecule has 0 radical (unpaired) electrons. The van der Waals surface area contributed by atoms with Crippen LogP contribution in [-0.2, 0) is 10.0 Å². The molecule has 2 fully saturated rings. The topological polar surface area (TPSA) is 117 Å². The molecular weight excluding hydrogens is 444 g/mol. The molecule has 1 saturated carbocycles. The molecule has 1 aliphatic heterocycles. The number of aliphatic hydroxyl groups is 1. The molecule has 2 aliphatic rings. The first-order valence-electron chi connectivity index (χ1n) is 12.9. The number of nitrogens with one attached hydrogen (secondary N) is 1. The number of nitrogens with zero attached hydrogens (tertiary/aromatic N) is 4. The van der Waals surface area contributed by atoms with Crippen molar-refractivity contribution in [3.05, 3.63) is 28.2 Å². The normalized spacial score (nSPS) is 32.8. The van der Waals surface area contributed by atoms with Gasteiger partial charge in [-0.15, -0.1) is 0 Å². The Hall–Kier alpha value is -2.18. The molecule has 3 heterocycles. The summed E-state index contributed by atoms with van der Waals surface area (Å²) in [6.45, 7) is -0.244. The van der Waals surface area contributed by atoms with E-state index in [1.807, 2.05) is 0 Å². The molecule has 2 aromatic rings. The first-order valence-corrected chi connectivity index (χ1v) is 11.7. The van der Waals surface area contributed by atoms with Crippen molar-refractivity contribution in [1.82, 2.24) is 18.8 Å². The third-order valence-electron chi connectivity index (χ3n) is 5.74. The number of alkyl halides is 2. The van der Waals surface area contributed by atoms with Crippen LogP contribution in [0.4, 0.5) is 14.7 Å². The summed E-state index contributed by atoms with van der Waals surface area (Å²) in [7, 11) is -3.99. The Morgan fingerprint density at radius 2 is 2.12 bits per heavy atom. The highest BCUT2D eigenvalue weighted by molar-refractivity contribution is 7.88. The van der Waals surface area contributed by atoms with Gasteiger partial charge >= 0.3 is 0 Å². The fraction of sp³-hybridized carbons (Fsp3) is 0.650. The molecule has 2 aromatic heterocycles. The predicted molar refractivity (Wildman–Crippen MR) is 115 cm³/mol. The van der Waals surface area contributed by atoms with Crippen molar-refractivity contribution in [2.24, 2.45) is 0 Å². The van der Waals surface area contributed by atoms with E-state index in [0.717, 1.165) is 23.1 Å². The Kier molecular flexibility index (Phi) is 4.27. The van der Waals surface area contributed by atoms with Crippen molar-refractivity contribution in [1.29, 1.82) is 0 Å². The van der Waals surface area contributed by atoms with E-state index >= 15 is 0 Å². The van der Waals surface area contributed by atoms with Gasteiger partial charge in [-0.2, -0.15) is 4.98 Å². The van der Waals surface area contributed by atoms with Gasteiger partial charge in [0.1, 0.15) is 7.02 Å². The Labute approximate surface area is 193 Å². The Bertz CT molecular complexity index is 1430. The fourth-order valence-corrected chi connectivity index (χ4v) is 4.63. The van der Waals surface area contributed by atoms with Gasteiger partial charge in [-0.05, 0) is 45.0 Å². The van der Waals surface area contributed by atoms with Gasteiger partial charge in [-0.25, -0.2) is 26.5 Å². The maximum atomic E-state index is 14.0. The second-order valence-corrected chi connectivity index (χ2v) is 10.1. The number of anilines is 1. The summed E-state index contributed by atoms with van der Waals surface area (Å²) in [6, 6.07) is -3.07. The third kappa shape index (κ3) is 4.35. The van der Waals surface area contributed by atoms with Crippen LogP contribution in [0, 0.1) is 0 Å². The number of fused-ring (bicyclic) bond motifs is 1. The summed E-state index contributed by atoms with van der Waals surface area (Å²) in [5, 5.41) is 13.1. The largest absolute Gasteiger partial charge is 0.388 e. The van der Waals surface area contributed by atoms with Crippen LogP contribution in [-0.4, -0.2) is 63.3 Å². The van der Waals surface area contributed by atoms with Crippen LogP contribution in [0.1, 0.15) is 65.2 Å². The number of pyridine rings is 1. The Morgan fingerprint density at radius 1 is 1.44 bits per heavy atom. The zero-order valence-electron chi connectivity index (χ0n) is 23.4. The lowest BCUT2D eigenvalue weighted by Gasteiger charge is -2.31. The molecule has 0 unspecified atom stereocenters. The van der Waals surface area contributed by atoms with E-state index < -0.39 is 77.0 Å². The monoisotopic (exact) mass is 477 g/mol. The van der Waals surface area contributed by atoms with Crippen LogP contribution in [0.25, 0.3) is 11.0 Å². The number of rotatable bonds is 5. The molecule has 176 valence electrons. The van der Waals surface area contributed by atoms with E-state index in [4.69, 9.17) is 8.22 Å². The van der Waals surface area contributed by atoms with Gasteiger partial charge in [0.15, 0.2) is 0 Å². The van der Waals surface area contributed by atoms with E-state index in [1.54, 1.807) is 0 Å². The standard InChI is InChI=1S/C20H27F2N5O4S/c1-20(29)7-3-4-15(20)27-17-12(10-14(16(21)22)18(27)28)11-23-19(25-17)24-13-5-8-26(9-6-13)32(2,30)31/h10-11,13,15-16,29H,3-9H2,1-2H3,(H,23,24,25)/t15-,20-/m0/s1/i5D2,6D2,13D,16D. The van der Waals surface area contributed by atoms with Crippen molar-refractivity contribution in [3.8, 4) is 0 Å². The van der Waals surface area contributed by atoms with Crippen molar-refractivity contribution in [3.63, 3.8) is 0 Å². The van der Waals surface area contributed by atoms with Gasteiger partial charge in [0.25, 0.3) is 12.0 Å². The number of hydrogen-bond donors (Lipinski definition) is 2. The Balaban J connectivity index is 1.88. The summed E-state index contributed by atoms with van der Waals surface area (Å²) in [6.07, 6.45) is -7.12. The lowest BCUT2D eigenvalue weighted by molar-refractivity contribution is 0.0261. The van der Waals surface area contributed by atoms with Gasteiger partial charge in [0, 0.05) is 36.2 Å². The highest BCUT2D eigenvalue weighted by atomic mass is 32.2. The molecular formula is C20H27F2N5O4S. The number of piperidine rings is 1. The zero-order chi connectivity index (χ0) is 28.7. The van der Waals surface area contributed by atoms with Crippen LogP contribution in [0.5, 0.6) is 0 Å². The minimum atomic E-state index is -4.26. The van der Waals surface area contributed by atoms with Gasteiger partial charge in [0.05, 0.1) is 24.8 Å². The van der Waals surface area contributed by atoms with Crippen molar-refractivity contribution in [2.45, 2.75) is 63.0 Å². The third-order valence-corrected chi connectivity index (χ3v) is 6.93. The van der Waals surface area contributed by atoms with Crippen molar-refractivity contribution >= 4 is 27.0 Å². The molecule has 32 heavy (non-hydrogen) atoms. The maximum absolute atomic E-state index is 14.0. The molecule has 1 saturated heterocycles. The van der Waals surface area contributed by atoms with Crippen LogP contribution in [0.15, 0.2) is 17.1 Å². The zero-order valence-corrected chi connectivity index (χ0v) is 18.2. The van der Waals surface area contributed by atoms with Gasteiger partial charge in [-0.3, -0.25) is 9.36 Å². The molecule has 0 bridgehead atoms. The summed E-state index contributed by atoms with van der Waals surface area (Å²) >= 11 is 0. The number of aromatic nitrogens is 3. The van der Waals surface area contributed by atoms with E-state index in [1.165, 1.54) is 6.92 Å². The smallest absolute Gasteiger partial charge is 0.269 e. The van der Waals surface area contributed by atoms with Crippen LogP contribution in [0.3, 0.4) is 0 Å². The van der Waals surface area contributed by atoms with E-state index in [-0.39, 0.29) is 23.9 Å². The summed E-state index contributed by atoms with van der Waals surface area (Å²) < 4.78 is 103. The second-order valence-electron chi connectivity index (χ2n) is 8.12. The van der Waals surface area contributed by atoms with Gasteiger partial charge < -0.3 is 10.4 Å². The molecule has 12 heteroatoms. The first kappa shape index (κ1) is 16.4. The van der Waals surface area contributed by atoms with Crippen LogP contribution >= 0.6 is 0 Å². The van der Waals surface area contributed by atoms with Crippen molar-refractivity contribution < 1.29 is 30.5 Å². The van der Waals surface area contributed by atoms with Gasteiger partial charge in [-0.1, -0.05) is 0 Å². The minimum absolute atomic E-state index is 0.100. The summed E-state index contributed by atoms with van der Waals surface area (Å²) in [5.74, 6) is -0.524. The van der Waals surface area contributed by atoms with Gasteiger partial charge in [0.2, 0.25) is 16.0 Å². The maximum Gasteiger partial charge on any atom is 0.269 e. The quantitative estimate of drug-likeness (QED) is 0.677. The first-order chi connectivity index (χ1) is 17.1. The van der Waals surface area contributed by atoms with Crippen LogP contribution in [0.2, 0.25) is 0 Å². The van der Waals surface area contributed by atoms with Crippen molar-refractivity contribution in [2.75, 3.05) is 24.7 Å². The SMILES string of the molecule is [2H]C(F)(F)c1cc2cnc(NC3([2H])C([2H])([2H])CN(S(C)(=O)=O)CC3([2H])[2H])nc2n([C@H]2CCC[C@]2(C)O)c1=O. The lowest BCUT2D eigenvalue weighted by Crippen LogP contribution is -2.42. The molecule has 0 amide bonds. The molecule has 4 rings (SSSR count). The molecule has 0 spiro atoms. The highest BCUT2D eigenvalue weighted by Crippen LogP contribution is 2.39. The molecule has 1 aliphatic carbocycles. The number of sulfonamides is 1. The predicted octanol–water partition coefficient (Wildman–Crippen LogP) is 2.04. The highest BCUT2D eigenvalue weighted by Gasteiger charge is 2.40. The van der Waals surface area contributed by atoms with E-state index in [2.05, 4.69) is 15.3 Å². The van der Waals surface area contributed by atoms with E-state index in [0.29, 0.717) is 10.7 Å². The number of hydrogen-bond acceptors (Lipinski definition) is 7. The molecule has 0 aromatic carbocycles. The fourth-order valence-electron chi connectivity index (χ4n) is 4.03. The average molecular weight is 478 g/mol.